The fraction of sp³-hybridized carbons (Fsp3) is 0.765. The molecule has 0 aliphatic carbocycles. The average Bonchev–Trinajstić information content (AvgIpc) is 2.31. The predicted molar refractivity (Wildman–Crippen MR) is 103 cm³/mol. The predicted octanol–water partition coefficient (Wildman–Crippen LogP) is 3.26. The molecule has 0 spiro atoms. The number of carbonyl (C=O) groups excluding carboxylic acids is 4. The molecule has 0 atom stereocenters. The van der Waals surface area contributed by atoms with E-state index in [9.17, 15) is 19.2 Å². The molecule has 156 valence electrons. The van der Waals surface area contributed by atoms with Gasteiger partial charge in [-0.1, -0.05) is 41.5 Å². The fourth-order valence-electron chi connectivity index (χ4n) is 2.56. The van der Waals surface area contributed by atoms with Gasteiger partial charge in [0.15, 0.2) is 0 Å². The van der Waals surface area contributed by atoms with Gasteiger partial charge in [-0.05, 0) is 0 Å². The zero-order chi connectivity index (χ0) is 21.8. The van der Waals surface area contributed by atoms with Crippen LogP contribution in [0.3, 0.4) is 0 Å². The second-order valence-corrected chi connectivity index (χ2v) is 16.8. The van der Waals surface area contributed by atoms with E-state index in [-0.39, 0.29) is 5.67 Å². The van der Waals surface area contributed by atoms with Crippen LogP contribution in [0.2, 0.25) is 15.7 Å². The molecule has 8 nitrogen and oxygen atoms in total. The number of hydrogen-bond donors (Lipinski definition) is 0. The molecule has 0 saturated heterocycles. The Kier molecular flexibility index (Phi) is 8.02. The summed E-state index contributed by atoms with van der Waals surface area (Å²) in [7, 11) is -7.39. The lowest BCUT2D eigenvalue weighted by molar-refractivity contribution is -0.140. The van der Waals surface area contributed by atoms with Crippen molar-refractivity contribution in [1.29, 1.82) is 0 Å². The van der Waals surface area contributed by atoms with Crippen molar-refractivity contribution in [3.05, 3.63) is 0 Å². The monoisotopic (exact) mass is 420 g/mol. The highest BCUT2D eigenvalue weighted by molar-refractivity contribution is 6.91. The van der Waals surface area contributed by atoms with Gasteiger partial charge >= 0.3 is 17.1 Å². The fourth-order valence-corrected chi connectivity index (χ4v) is 13.6. The zero-order valence-electron chi connectivity index (χ0n) is 18.0. The van der Waals surface area contributed by atoms with Crippen molar-refractivity contribution in [3.63, 3.8) is 0 Å². The number of hydrogen-bond acceptors (Lipinski definition) is 8. The van der Waals surface area contributed by atoms with Crippen molar-refractivity contribution >= 4 is 41.0 Å². The summed E-state index contributed by atoms with van der Waals surface area (Å²) >= 11 is 0. The minimum Gasteiger partial charge on any atom is -0.485 e. The van der Waals surface area contributed by atoms with E-state index in [2.05, 4.69) is 0 Å². The summed E-state index contributed by atoms with van der Waals surface area (Å²) in [6.07, 6.45) is 0. The highest BCUT2D eigenvalue weighted by atomic mass is 28.4. The first kappa shape index (κ1) is 25.3. The van der Waals surface area contributed by atoms with Crippen molar-refractivity contribution in [2.45, 2.75) is 85.0 Å². The number of rotatable bonds is 6. The lowest BCUT2D eigenvalue weighted by atomic mass is 10.2. The van der Waals surface area contributed by atoms with Gasteiger partial charge in [-0.2, -0.15) is 0 Å². The van der Waals surface area contributed by atoms with E-state index < -0.39 is 51.1 Å². The van der Waals surface area contributed by atoms with Gasteiger partial charge in [-0.3, -0.25) is 19.2 Å². The Morgan fingerprint density at radius 3 is 0.852 bits per heavy atom. The molecule has 0 rings (SSSR count). The van der Waals surface area contributed by atoms with Gasteiger partial charge in [0.25, 0.3) is 23.9 Å². The second-order valence-electron chi connectivity index (χ2n) is 8.56. The van der Waals surface area contributed by atoms with Crippen LogP contribution in [0.5, 0.6) is 0 Å². The van der Waals surface area contributed by atoms with Crippen LogP contribution < -0.4 is 0 Å². The Labute approximate surface area is 163 Å². The second kappa shape index (κ2) is 8.55. The summed E-state index contributed by atoms with van der Waals surface area (Å²) < 4.78 is 22.5. The maximum absolute atomic E-state index is 11.9. The minimum atomic E-state index is -3.69. The van der Waals surface area contributed by atoms with E-state index in [1.165, 1.54) is 27.7 Å². The van der Waals surface area contributed by atoms with E-state index in [1.807, 2.05) is 0 Å². The number of carbonyl (C=O) groups is 4. The molecule has 27 heavy (non-hydrogen) atoms. The van der Waals surface area contributed by atoms with E-state index >= 15 is 0 Å². The van der Waals surface area contributed by atoms with Crippen LogP contribution in [-0.4, -0.2) is 41.0 Å². The Balaban J connectivity index is 6.71. The summed E-state index contributed by atoms with van der Waals surface area (Å²) in [5, 5.41) is -1.54. The van der Waals surface area contributed by atoms with Crippen LogP contribution in [0, 0.1) is 0 Å². The van der Waals surface area contributed by atoms with Gasteiger partial charge in [0.1, 0.15) is 0 Å². The molecule has 0 saturated carbocycles. The van der Waals surface area contributed by atoms with Gasteiger partial charge in [0, 0.05) is 37.8 Å². The lowest BCUT2D eigenvalue weighted by Gasteiger charge is -2.46. The zero-order valence-corrected chi connectivity index (χ0v) is 20.0. The van der Waals surface area contributed by atoms with E-state index in [4.69, 9.17) is 17.7 Å². The molecule has 0 bridgehead atoms. The van der Waals surface area contributed by atoms with Gasteiger partial charge in [-0.15, -0.1) is 0 Å². The molecule has 10 heteroatoms. The lowest BCUT2D eigenvalue weighted by Crippen LogP contribution is -2.64. The Hall–Kier alpha value is -1.69. The molecule has 0 unspecified atom stereocenters. The maximum Gasteiger partial charge on any atom is 0.474 e. The third kappa shape index (κ3) is 6.76. The van der Waals surface area contributed by atoms with Crippen molar-refractivity contribution < 1.29 is 36.9 Å². The topological polar surface area (TPSA) is 105 Å². The summed E-state index contributed by atoms with van der Waals surface area (Å²) in [5.41, 5.74) is -0.120. The standard InChI is InChI=1S/C17H32O8Si2/c1-12(18)22-26(16(5,6)7,23-13(2)19)11-27(17(8,9)10,24-14(3)20)25-15(4)21/h11H2,1-10H3. The highest BCUT2D eigenvalue weighted by Crippen LogP contribution is 2.49. The largest absolute Gasteiger partial charge is 0.485 e. The Morgan fingerprint density at radius 1 is 0.556 bits per heavy atom. The molecule has 0 radical (unpaired) electrons. The molecule has 0 heterocycles. The molecule has 0 fully saturated rings. The van der Waals surface area contributed by atoms with Crippen LogP contribution in [0.25, 0.3) is 0 Å². The van der Waals surface area contributed by atoms with Crippen molar-refractivity contribution in [3.8, 4) is 0 Å². The molecule has 0 aromatic rings. The first-order chi connectivity index (χ1) is 11.9. The van der Waals surface area contributed by atoms with E-state index in [1.54, 1.807) is 41.5 Å². The van der Waals surface area contributed by atoms with Gasteiger partial charge in [0.05, 0.1) is 5.67 Å². The molecular formula is C17H32O8Si2. The highest BCUT2D eigenvalue weighted by Gasteiger charge is 2.68. The SMILES string of the molecule is CC(=O)O[Si](C[Si](OC(C)=O)(OC(C)=O)C(C)(C)C)(OC(C)=O)C(C)(C)C. The van der Waals surface area contributed by atoms with Crippen LogP contribution >= 0.6 is 0 Å². The first-order valence-electron chi connectivity index (χ1n) is 8.66. The van der Waals surface area contributed by atoms with E-state index in [0.717, 1.165) is 0 Å². The van der Waals surface area contributed by atoms with Gasteiger partial charge < -0.3 is 17.7 Å². The Morgan fingerprint density at radius 2 is 0.741 bits per heavy atom. The van der Waals surface area contributed by atoms with Crippen molar-refractivity contribution in [1.82, 2.24) is 0 Å². The molecular weight excluding hydrogens is 388 g/mol. The van der Waals surface area contributed by atoms with E-state index in [0.29, 0.717) is 0 Å². The molecule has 0 aliphatic heterocycles. The summed E-state index contributed by atoms with van der Waals surface area (Å²) in [6, 6.07) is 0. The van der Waals surface area contributed by atoms with Crippen LogP contribution in [-0.2, 0) is 36.9 Å². The quantitative estimate of drug-likeness (QED) is 0.603. The van der Waals surface area contributed by atoms with Crippen molar-refractivity contribution in [2.24, 2.45) is 0 Å². The molecule has 0 amide bonds. The Bertz CT molecular complexity index is 517. The molecule has 0 aromatic heterocycles. The van der Waals surface area contributed by atoms with Crippen molar-refractivity contribution in [2.75, 3.05) is 0 Å². The molecule has 0 aliphatic rings. The van der Waals surface area contributed by atoms with Gasteiger partial charge in [-0.25, -0.2) is 0 Å². The third-order valence-electron chi connectivity index (χ3n) is 3.99. The molecule has 0 aromatic carbocycles. The van der Waals surface area contributed by atoms with Gasteiger partial charge in [0.2, 0.25) is 0 Å². The molecule has 0 N–H and O–H groups in total. The van der Waals surface area contributed by atoms with Crippen LogP contribution in [0.4, 0.5) is 0 Å². The summed E-state index contributed by atoms with van der Waals surface area (Å²) in [6.45, 7) is 15.5. The average molecular weight is 421 g/mol. The maximum atomic E-state index is 11.9. The van der Waals surface area contributed by atoms with Crippen LogP contribution in [0.1, 0.15) is 69.2 Å². The summed E-state index contributed by atoms with van der Waals surface area (Å²) in [4.78, 5) is 47.6. The minimum absolute atomic E-state index is 0.120. The third-order valence-corrected chi connectivity index (χ3v) is 14.7. The first-order valence-corrected chi connectivity index (χ1v) is 12.7. The normalized spacial score (nSPS) is 12.8. The van der Waals surface area contributed by atoms with Crippen LogP contribution in [0.15, 0.2) is 0 Å². The smallest absolute Gasteiger partial charge is 0.474 e. The summed E-state index contributed by atoms with van der Waals surface area (Å²) in [5.74, 6) is -2.50.